The largest absolute Gasteiger partial charge is 0.487 e. The van der Waals surface area contributed by atoms with Gasteiger partial charge in [0.25, 0.3) is 0 Å². The average Bonchev–Trinajstić information content (AvgIpc) is 2.43. The normalized spacial score (nSPS) is 18.5. The Kier molecular flexibility index (Phi) is 5.57. The van der Waals surface area contributed by atoms with Gasteiger partial charge < -0.3 is 9.47 Å². The van der Waals surface area contributed by atoms with Crippen LogP contribution in [0.4, 0.5) is 0 Å². The van der Waals surface area contributed by atoms with Gasteiger partial charge in [-0.15, -0.1) is 11.6 Å². The quantitative estimate of drug-likeness (QED) is 0.622. The van der Waals surface area contributed by atoms with E-state index < -0.39 is 0 Å². The topological polar surface area (TPSA) is 18.5 Å². The molecule has 1 aliphatic rings. The summed E-state index contributed by atoms with van der Waals surface area (Å²) in [4.78, 5) is 0. The number of hydrogen-bond acceptors (Lipinski definition) is 2. The van der Waals surface area contributed by atoms with Crippen LogP contribution in [0, 0.1) is 18.8 Å². The number of aryl methyl sites for hydroxylation is 1. The van der Waals surface area contributed by atoms with Crippen LogP contribution >= 0.6 is 11.6 Å². The fourth-order valence-electron chi connectivity index (χ4n) is 2.03. The van der Waals surface area contributed by atoms with E-state index in [0.29, 0.717) is 18.9 Å². The van der Waals surface area contributed by atoms with Crippen molar-refractivity contribution in [2.45, 2.75) is 32.3 Å². The molecular formula is C16H19ClO2. The second-order valence-electron chi connectivity index (χ2n) is 4.70. The molecule has 0 amide bonds. The molecule has 0 bridgehead atoms. The summed E-state index contributed by atoms with van der Waals surface area (Å²) in [6.45, 7) is 3.57. The van der Waals surface area contributed by atoms with Crippen molar-refractivity contribution < 1.29 is 9.47 Å². The first kappa shape index (κ1) is 14.2. The van der Waals surface area contributed by atoms with E-state index in [4.69, 9.17) is 21.1 Å². The molecule has 0 aromatic heterocycles. The smallest absolute Gasteiger partial charge is 0.135 e. The van der Waals surface area contributed by atoms with Gasteiger partial charge in [0.2, 0.25) is 0 Å². The second kappa shape index (κ2) is 7.43. The Morgan fingerprint density at radius 2 is 2.37 bits per heavy atom. The SMILES string of the molecule is Cc1ccc(OC2CCCOC2)c(C#CCCCl)c1. The molecule has 1 saturated heterocycles. The van der Waals surface area contributed by atoms with Crippen molar-refractivity contribution in [2.75, 3.05) is 19.1 Å². The first-order chi connectivity index (χ1) is 9.29. The number of hydrogen-bond donors (Lipinski definition) is 0. The summed E-state index contributed by atoms with van der Waals surface area (Å²) in [6, 6.07) is 6.10. The molecule has 3 heteroatoms. The molecule has 1 heterocycles. The lowest BCUT2D eigenvalue weighted by Gasteiger charge is -2.24. The lowest BCUT2D eigenvalue weighted by atomic mass is 10.1. The molecule has 19 heavy (non-hydrogen) atoms. The first-order valence-electron chi connectivity index (χ1n) is 6.69. The van der Waals surface area contributed by atoms with E-state index in [2.05, 4.69) is 24.8 Å². The summed E-state index contributed by atoms with van der Waals surface area (Å²) in [5, 5.41) is 0. The van der Waals surface area contributed by atoms with E-state index in [1.54, 1.807) is 0 Å². The number of ether oxygens (including phenoxy) is 2. The van der Waals surface area contributed by atoms with E-state index in [-0.39, 0.29) is 6.10 Å². The van der Waals surface area contributed by atoms with Gasteiger partial charge in [0.05, 0.1) is 12.2 Å². The summed E-state index contributed by atoms with van der Waals surface area (Å²) >= 11 is 5.64. The third-order valence-corrected chi connectivity index (χ3v) is 3.18. The highest BCUT2D eigenvalue weighted by Gasteiger charge is 2.16. The molecule has 1 aromatic rings. The highest BCUT2D eigenvalue weighted by Crippen LogP contribution is 2.22. The maximum Gasteiger partial charge on any atom is 0.135 e. The highest BCUT2D eigenvalue weighted by atomic mass is 35.5. The van der Waals surface area contributed by atoms with Crippen molar-refractivity contribution in [1.29, 1.82) is 0 Å². The summed E-state index contributed by atoms with van der Waals surface area (Å²) in [7, 11) is 0. The number of alkyl halides is 1. The Labute approximate surface area is 120 Å². The summed E-state index contributed by atoms with van der Waals surface area (Å²) in [6.07, 6.45) is 2.94. The minimum Gasteiger partial charge on any atom is -0.487 e. The van der Waals surface area contributed by atoms with Gasteiger partial charge in [-0.05, 0) is 37.5 Å². The van der Waals surface area contributed by atoms with Gasteiger partial charge in [0.15, 0.2) is 0 Å². The monoisotopic (exact) mass is 278 g/mol. The molecule has 1 aromatic carbocycles. The van der Waals surface area contributed by atoms with Gasteiger partial charge in [-0.1, -0.05) is 17.9 Å². The molecule has 2 nitrogen and oxygen atoms in total. The minimum absolute atomic E-state index is 0.144. The predicted octanol–water partition coefficient (Wildman–Crippen LogP) is 3.53. The average molecular weight is 279 g/mol. The Hall–Kier alpha value is -1.17. The standard InChI is InChI=1S/C16H19ClO2/c1-13-7-8-16(14(11-13)5-2-3-9-17)19-15-6-4-10-18-12-15/h7-8,11,15H,3-4,6,9-10,12H2,1H3. The van der Waals surface area contributed by atoms with Crippen molar-refractivity contribution >= 4 is 11.6 Å². The van der Waals surface area contributed by atoms with Crippen LogP contribution in [0.1, 0.15) is 30.4 Å². The second-order valence-corrected chi connectivity index (χ2v) is 5.08. The van der Waals surface area contributed by atoms with Gasteiger partial charge >= 0.3 is 0 Å². The predicted molar refractivity (Wildman–Crippen MR) is 77.9 cm³/mol. The Morgan fingerprint density at radius 1 is 1.47 bits per heavy atom. The zero-order valence-corrected chi connectivity index (χ0v) is 12.0. The van der Waals surface area contributed by atoms with E-state index >= 15 is 0 Å². The fraction of sp³-hybridized carbons (Fsp3) is 0.500. The molecule has 1 atom stereocenters. The molecule has 1 unspecified atom stereocenters. The highest BCUT2D eigenvalue weighted by molar-refractivity contribution is 6.18. The molecule has 2 rings (SSSR count). The van der Waals surface area contributed by atoms with Crippen molar-refractivity contribution in [2.24, 2.45) is 0 Å². The number of benzene rings is 1. The Bertz CT molecular complexity index is 467. The van der Waals surface area contributed by atoms with Crippen LogP contribution in [-0.2, 0) is 4.74 Å². The van der Waals surface area contributed by atoms with E-state index in [1.165, 1.54) is 5.56 Å². The van der Waals surface area contributed by atoms with Crippen LogP contribution in [0.5, 0.6) is 5.75 Å². The van der Waals surface area contributed by atoms with Gasteiger partial charge in [-0.3, -0.25) is 0 Å². The van der Waals surface area contributed by atoms with Gasteiger partial charge in [-0.25, -0.2) is 0 Å². The molecular weight excluding hydrogens is 260 g/mol. The summed E-state index contributed by atoms with van der Waals surface area (Å²) in [5.41, 5.74) is 2.12. The third kappa shape index (κ3) is 4.45. The number of halogens is 1. The Balaban J connectivity index is 2.12. The lowest BCUT2D eigenvalue weighted by Crippen LogP contribution is -2.28. The van der Waals surface area contributed by atoms with Gasteiger partial charge in [0.1, 0.15) is 11.9 Å². The van der Waals surface area contributed by atoms with Crippen LogP contribution < -0.4 is 4.74 Å². The zero-order valence-electron chi connectivity index (χ0n) is 11.2. The minimum atomic E-state index is 0.144. The molecule has 0 spiro atoms. The van der Waals surface area contributed by atoms with Crippen LogP contribution in [-0.4, -0.2) is 25.2 Å². The van der Waals surface area contributed by atoms with Crippen molar-refractivity contribution in [3.63, 3.8) is 0 Å². The van der Waals surface area contributed by atoms with Crippen molar-refractivity contribution in [3.8, 4) is 17.6 Å². The van der Waals surface area contributed by atoms with E-state index in [1.807, 2.05) is 12.1 Å². The molecule has 0 aliphatic carbocycles. The zero-order chi connectivity index (χ0) is 13.5. The van der Waals surface area contributed by atoms with Crippen LogP contribution in [0.15, 0.2) is 18.2 Å². The van der Waals surface area contributed by atoms with E-state index in [9.17, 15) is 0 Å². The lowest BCUT2D eigenvalue weighted by molar-refractivity contribution is 0.00731. The van der Waals surface area contributed by atoms with Crippen molar-refractivity contribution in [1.82, 2.24) is 0 Å². The summed E-state index contributed by atoms with van der Waals surface area (Å²) < 4.78 is 11.4. The van der Waals surface area contributed by atoms with Crippen LogP contribution in [0.2, 0.25) is 0 Å². The van der Waals surface area contributed by atoms with Crippen LogP contribution in [0.25, 0.3) is 0 Å². The molecule has 0 N–H and O–H groups in total. The molecule has 1 fully saturated rings. The van der Waals surface area contributed by atoms with Crippen LogP contribution in [0.3, 0.4) is 0 Å². The van der Waals surface area contributed by atoms with Gasteiger partial charge in [0, 0.05) is 18.9 Å². The maximum atomic E-state index is 6.01. The fourth-order valence-corrected chi connectivity index (χ4v) is 2.13. The van der Waals surface area contributed by atoms with Crippen molar-refractivity contribution in [3.05, 3.63) is 29.3 Å². The summed E-state index contributed by atoms with van der Waals surface area (Å²) in [5.74, 6) is 7.62. The third-order valence-electron chi connectivity index (χ3n) is 2.99. The number of rotatable bonds is 3. The first-order valence-corrected chi connectivity index (χ1v) is 7.23. The maximum absolute atomic E-state index is 6.01. The molecule has 0 radical (unpaired) electrons. The Morgan fingerprint density at radius 3 is 3.11 bits per heavy atom. The molecule has 102 valence electrons. The van der Waals surface area contributed by atoms with Gasteiger partial charge in [-0.2, -0.15) is 0 Å². The molecule has 0 saturated carbocycles. The van der Waals surface area contributed by atoms with E-state index in [0.717, 1.165) is 30.8 Å². The molecule has 1 aliphatic heterocycles.